The van der Waals surface area contributed by atoms with Crippen LogP contribution in [-0.2, 0) is 4.79 Å². The summed E-state index contributed by atoms with van der Waals surface area (Å²) < 4.78 is 0.538. The van der Waals surface area contributed by atoms with Crippen LogP contribution >= 0.6 is 35.6 Å². The summed E-state index contributed by atoms with van der Waals surface area (Å²) in [5.41, 5.74) is 5.35. The van der Waals surface area contributed by atoms with Gasteiger partial charge in [-0.3, -0.25) is 9.69 Å². The van der Waals surface area contributed by atoms with Gasteiger partial charge in [0, 0.05) is 5.02 Å². The molecule has 0 aliphatic carbocycles. The molecular formula is C19H16ClNOS2. The van der Waals surface area contributed by atoms with E-state index in [4.69, 9.17) is 23.8 Å². The summed E-state index contributed by atoms with van der Waals surface area (Å²) in [7, 11) is 0. The second kappa shape index (κ2) is 6.71. The molecule has 0 aromatic heterocycles. The largest absolute Gasteiger partial charge is 0.270 e. The van der Waals surface area contributed by atoms with Gasteiger partial charge in [-0.1, -0.05) is 53.3 Å². The van der Waals surface area contributed by atoms with Crippen LogP contribution in [0, 0.1) is 20.8 Å². The Balaban J connectivity index is 1.99. The highest BCUT2D eigenvalue weighted by molar-refractivity contribution is 8.27. The van der Waals surface area contributed by atoms with Crippen molar-refractivity contribution in [3.8, 4) is 0 Å². The van der Waals surface area contributed by atoms with E-state index in [1.165, 1.54) is 17.3 Å². The van der Waals surface area contributed by atoms with Gasteiger partial charge in [0.15, 0.2) is 4.32 Å². The minimum Gasteiger partial charge on any atom is -0.268 e. The van der Waals surface area contributed by atoms with E-state index in [1.54, 1.807) is 29.2 Å². The van der Waals surface area contributed by atoms with Gasteiger partial charge in [0.25, 0.3) is 5.91 Å². The van der Waals surface area contributed by atoms with Crippen LogP contribution in [0.2, 0.25) is 5.02 Å². The molecule has 2 aromatic rings. The van der Waals surface area contributed by atoms with Crippen LogP contribution in [0.15, 0.2) is 41.3 Å². The van der Waals surface area contributed by atoms with Crippen molar-refractivity contribution in [2.75, 3.05) is 4.90 Å². The second-order valence-corrected chi connectivity index (χ2v) is 7.92. The fourth-order valence-electron chi connectivity index (χ4n) is 2.83. The van der Waals surface area contributed by atoms with E-state index in [2.05, 4.69) is 32.9 Å². The molecule has 1 aliphatic rings. The first-order chi connectivity index (χ1) is 11.4. The third-order valence-corrected chi connectivity index (χ3v) is 5.45. The molecule has 3 rings (SSSR count). The van der Waals surface area contributed by atoms with Crippen molar-refractivity contribution >= 4 is 57.6 Å². The van der Waals surface area contributed by atoms with Crippen molar-refractivity contribution in [2.24, 2.45) is 0 Å². The lowest BCUT2D eigenvalue weighted by Crippen LogP contribution is -2.27. The monoisotopic (exact) mass is 373 g/mol. The van der Waals surface area contributed by atoms with Crippen LogP contribution in [0.4, 0.5) is 5.69 Å². The number of carbonyl (C=O) groups excluding carboxylic acids is 1. The smallest absolute Gasteiger partial charge is 0.268 e. The molecule has 0 saturated carbocycles. The van der Waals surface area contributed by atoms with Gasteiger partial charge in [-0.2, -0.15) is 0 Å². The maximum atomic E-state index is 12.8. The molecule has 0 atom stereocenters. The summed E-state index contributed by atoms with van der Waals surface area (Å²) >= 11 is 12.7. The van der Waals surface area contributed by atoms with Gasteiger partial charge in [0.1, 0.15) is 0 Å². The summed E-state index contributed by atoms with van der Waals surface area (Å²) in [6, 6.07) is 11.4. The molecular weight excluding hydrogens is 358 g/mol. The van der Waals surface area contributed by atoms with Gasteiger partial charge >= 0.3 is 0 Å². The summed E-state index contributed by atoms with van der Waals surface area (Å²) in [6.45, 7) is 6.20. The molecule has 2 aromatic carbocycles. The fraction of sp³-hybridized carbons (Fsp3) is 0.158. The van der Waals surface area contributed by atoms with Gasteiger partial charge in [0.2, 0.25) is 0 Å². The molecule has 122 valence electrons. The maximum absolute atomic E-state index is 12.8. The highest BCUT2D eigenvalue weighted by Crippen LogP contribution is 2.37. The standard InChI is InChI=1S/C19H16ClNOS2/c1-11-8-12(2)16(13(3)9-11)10-17-18(22)21(19(23)24-17)15-6-4-14(20)5-7-15/h4-10H,1-3H3/b17-10+. The molecule has 1 saturated heterocycles. The summed E-state index contributed by atoms with van der Waals surface area (Å²) in [6.07, 6.45) is 1.94. The van der Waals surface area contributed by atoms with E-state index in [0.717, 1.165) is 22.4 Å². The molecule has 0 radical (unpaired) electrons. The Labute approximate surface area is 156 Å². The maximum Gasteiger partial charge on any atom is 0.270 e. The zero-order valence-electron chi connectivity index (χ0n) is 13.6. The normalized spacial score (nSPS) is 16.3. The topological polar surface area (TPSA) is 20.3 Å². The number of nitrogens with zero attached hydrogens (tertiary/aromatic N) is 1. The van der Waals surface area contributed by atoms with Crippen LogP contribution in [0.3, 0.4) is 0 Å². The Morgan fingerprint density at radius 2 is 1.67 bits per heavy atom. The van der Waals surface area contributed by atoms with Gasteiger partial charge in [-0.25, -0.2) is 0 Å². The van der Waals surface area contributed by atoms with Crippen LogP contribution in [0.1, 0.15) is 22.3 Å². The van der Waals surface area contributed by atoms with Crippen LogP contribution in [0.5, 0.6) is 0 Å². The highest BCUT2D eigenvalue weighted by atomic mass is 35.5. The van der Waals surface area contributed by atoms with Crippen molar-refractivity contribution in [2.45, 2.75) is 20.8 Å². The van der Waals surface area contributed by atoms with E-state index in [0.29, 0.717) is 14.2 Å². The number of thioether (sulfide) groups is 1. The number of anilines is 1. The second-order valence-electron chi connectivity index (χ2n) is 5.81. The number of carbonyl (C=O) groups is 1. The van der Waals surface area contributed by atoms with Gasteiger partial charge in [-0.15, -0.1) is 0 Å². The summed E-state index contributed by atoms with van der Waals surface area (Å²) in [4.78, 5) is 15.0. The van der Waals surface area contributed by atoms with Gasteiger partial charge < -0.3 is 0 Å². The Morgan fingerprint density at radius 3 is 2.25 bits per heavy atom. The van der Waals surface area contributed by atoms with E-state index < -0.39 is 0 Å². The van der Waals surface area contributed by atoms with E-state index in [1.807, 2.05) is 6.08 Å². The molecule has 0 unspecified atom stereocenters. The average Bonchev–Trinajstić information content (AvgIpc) is 2.78. The van der Waals surface area contributed by atoms with Gasteiger partial charge in [-0.05, 0) is 67.8 Å². The predicted molar refractivity (Wildman–Crippen MR) is 108 cm³/mol. The Kier molecular flexibility index (Phi) is 4.81. The van der Waals surface area contributed by atoms with Crippen LogP contribution in [-0.4, -0.2) is 10.2 Å². The number of thiocarbonyl (C=S) groups is 1. The van der Waals surface area contributed by atoms with Crippen molar-refractivity contribution in [1.29, 1.82) is 0 Å². The Morgan fingerprint density at radius 1 is 1.08 bits per heavy atom. The minimum atomic E-state index is -0.0910. The molecule has 1 amide bonds. The zero-order chi connectivity index (χ0) is 17.4. The quantitative estimate of drug-likeness (QED) is 0.499. The number of halogens is 1. The molecule has 1 fully saturated rings. The van der Waals surface area contributed by atoms with E-state index in [-0.39, 0.29) is 5.91 Å². The van der Waals surface area contributed by atoms with Crippen molar-refractivity contribution in [1.82, 2.24) is 0 Å². The van der Waals surface area contributed by atoms with Crippen molar-refractivity contribution in [3.05, 3.63) is 68.6 Å². The Bertz CT molecular complexity index is 848. The molecule has 24 heavy (non-hydrogen) atoms. The lowest BCUT2D eigenvalue weighted by Gasteiger charge is -2.14. The molecule has 1 heterocycles. The number of hydrogen-bond donors (Lipinski definition) is 0. The number of aryl methyl sites for hydroxylation is 3. The first kappa shape index (κ1) is 17.2. The van der Waals surface area contributed by atoms with Gasteiger partial charge in [0.05, 0.1) is 10.6 Å². The molecule has 5 heteroatoms. The van der Waals surface area contributed by atoms with E-state index in [9.17, 15) is 4.79 Å². The first-order valence-electron chi connectivity index (χ1n) is 7.48. The number of amides is 1. The minimum absolute atomic E-state index is 0.0910. The predicted octanol–water partition coefficient (Wildman–Crippen LogP) is 5.67. The third-order valence-electron chi connectivity index (χ3n) is 3.89. The first-order valence-corrected chi connectivity index (χ1v) is 9.08. The summed E-state index contributed by atoms with van der Waals surface area (Å²) in [5, 5.41) is 0.630. The third kappa shape index (κ3) is 3.27. The average molecular weight is 374 g/mol. The Hall–Kier alpha value is -1.62. The lowest BCUT2D eigenvalue weighted by atomic mass is 9.99. The summed E-state index contributed by atoms with van der Waals surface area (Å²) in [5.74, 6) is -0.0910. The van der Waals surface area contributed by atoms with Crippen LogP contribution in [0.25, 0.3) is 6.08 Å². The molecule has 0 N–H and O–H groups in total. The number of rotatable bonds is 2. The van der Waals surface area contributed by atoms with E-state index >= 15 is 0 Å². The van der Waals surface area contributed by atoms with Crippen LogP contribution < -0.4 is 4.90 Å². The molecule has 1 aliphatic heterocycles. The highest BCUT2D eigenvalue weighted by Gasteiger charge is 2.33. The molecule has 2 nitrogen and oxygen atoms in total. The number of benzene rings is 2. The fourth-order valence-corrected chi connectivity index (χ4v) is 4.24. The zero-order valence-corrected chi connectivity index (χ0v) is 16.0. The molecule has 0 spiro atoms. The van der Waals surface area contributed by atoms with Crippen molar-refractivity contribution in [3.63, 3.8) is 0 Å². The molecule has 0 bridgehead atoms. The SMILES string of the molecule is Cc1cc(C)c(/C=C2/SC(=S)N(c3ccc(Cl)cc3)C2=O)c(C)c1. The van der Waals surface area contributed by atoms with Crippen molar-refractivity contribution < 1.29 is 4.79 Å². The lowest BCUT2D eigenvalue weighted by molar-refractivity contribution is -0.113. The number of hydrogen-bond acceptors (Lipinski definition) is 3.